The van der Waals surface area contributed by atoms with Crippen LogP contribution in [0.2, 0.25) is 0 Å². The highest BCUT2D eigenvalue weighted by molar-refractivity contribution is 5.42. The lowest BCUT2D eigenvalue weighted by molar-refractivity contribution is -0.141. The van der Waals surface area contributed by atoms with Gasteiger partial charge in [0.15, 0.2) is 0 Å². The van der Waals surface area contributed by atoms with Gasteiger partial charge in [0, 0.05) is 18.6 Å². The summed E-state index contributed by atoms with van der Waals surface area (Å²) in [5.41, 5.74) is -0.321. The monoisotopic (exact) mass is 274 g/mol. The van der Waals surface area contributed by atoms with Gasteiger partial charge >= 0.3 is 6.18 Å². The van der Waals surface area contributed by atoms with Crippen LogP contribution in [0.5, 0.6) is 0 Å². The summed E-state index contributed by atoms with van der Waals surface area (Å²) >= 11 is 0. The van der Waals surface area contributed by atoms with E-state index in [4.69, 9.17) is 0 Å². The van der Waals surface area contributed by atoms with Crippen LogP contribution < -0.4 is 5.32 Å². The lowest BCUT2D eigenvalue weighted by atomic mass is 9.85. The van der Waals surface area contributed by atoms with Crippen LogP contribution in [0.4, 0.5) is 18.9 Å². The largest absolute Gasteiger partial charge is 0.433 e. The second-order valence-electron chi connectivity index (χ2n) is 4.91. The van der Waals surface area contributed by atoms with E-state index in [2.05, 4.69) is 10.3 Å². The minimum atomic E-state index is -4.41. The highest BCUT2D eigenvalue weighted by Crippen LogP contribution is 2.29. The van der Waals surface area contributed by atoms with Crippen LogP contribution >= 0.6 is 0 Å². The quantitative estimate of drug-likeness (QED) is 0.890. The number of aliphatic hydroxyl groups excluding tert-OH is 1. The van der Waals surface area contributed by atoms with E-state index in [1.807, 2.05) is 0 Å². The molecule has 0 bridgehead atoms. The number of pyridine rings is 1. The maximum Gasteiger partial charge on any atom is 0.433 e. The molecule has 0 spiro atoms. The number of aromatic nitrogens is 1. The molecule has 1 aromatic rings. The minimum absolute atomic E-state index is 0.103. The molecule has 19 heavy (non-hydrogen) atoms. The Kier molecular flexibility index (Phi) is 4.29. The van der Waals surface area contributed by atoms with E-state index in [1.165, 1.54) is 12.3 Å². The molecular weight excluding hydrogens is 257 g/mol. The van der Waals surface area contributed by atoms with Gasteiger partial charge in [0.25, 0.3) is 0 Å². The van der Waals surface area contributed by atoms with Gasteiger partial charge in [-0.1, -0.05) is 12.8 Å². The topological polar surface area (TPSA) is 45.1 Å². The highest BCUT2D eigenvalue weighted by Gasteiger charge is 2.32. The molecule has 0 aliphatic heterocycles. The summed E-state index contributed by atoms with van der Waals surface area (Å²) in [7, 11) is 0. The molecule has 1 aromatic heterocycles. The van der Waals surface area contributed by atoms with E-state index in [9.17, 15) is 18.3 Å². The molecule has 1 fully saturated rings. The average Bonchev–Trinajstić information content (AvgIpc) is 2.39. The molecule has 1 saturated carbocycles. The molecule has 6 heteroatoms. The normalized spacial score (nSPS) is 24.2. The van der Waals surface area contributed by atoms with E-state index in [0.717, 1.165) is 31.7 Å². The molecule has 2 N–H and O–H groups in total. The van der Waals surface area contributed by atoms with Gasteiger partial charge in [-0.3, -0.25) is 0 Å². The van der Waals surface area contributed by atoms with Gasteiger partial charge in [0.05, 0.1) is 11.9 Å². The zero-order chi connectivity index (χ0) is 13.9. The van der Waals surface area contributed by atoms with Crippen molar-refractivity contribution < 1.29 is 18.3 Å². The first-order chi connectivity index (χ1) is 9.00. The molecule has 1 heterocycles. The van der Waals surface area contributed by atoms with Crippen molar-refractivity contribution in [2.75, 3.05) is 11.9 Å². The van der Waals surface area contributed by atoms with Crippen molar-refractivity contribution in [2.24, 2.45) is 5.92 Å². The number of halogens is 3. The van der Waals surface area contributed by atoms with Crippen LogP contribution in [0.3, 0.4) is 0 Å². The second kappa shape index (κ2) is 5.77. The lowest BCUT2D eigenvalue weighted by Crippen LogP contribution is -2.34. The zero-order valence-electron chi connectivity index (χ0n) is 10.5. The van der Waals surface area contributed by atoms with Crippen molar-refractivity contribution >= 4 is 5.69 Å². The zero-order valence-corrected chi connectivity index (χ0v) is 10.5. The molecular formula is C13H17F3N2O. The molecule has 0 radical (unpaired) electrons. The number of rotatable bonds is 3. The Balaban J connectivity index is 2.02. The molecule has 0 aromatic carbocycles. The number of nitrogens with zero attached hydrogens (tertiary/aromatic N) is 1. The summed E-state index contributed by atoms with van der Waals surface area (Å²) in [6.45, 7) is 0.103. The van der Waals surface area contributed by atoms with Crippen LogP contribution in [0.15, 0.2) is 18.3 Å². The molecule has 3 nitrogen and oxygen atoms in total. The smallest absolute Gasteiger partial charge is 0.396 e. The molecule has 2 atom stereocenters. The Morgan fingerprint density at radius 3 is 2.58 bits per heavy atom. The second-order valence-corrected chi connectivity index (χ2v) is 4.91. The van der Waals surface area contributed by atoms with E-state index >= 15 is 0 Å². The first-order valence-electron chi connectivity index (χ1n) is 6.41. The third-order valence-corrected chi connectivity index (χ3v) is 3.55. The Morgan fingerprint density at radius 2 is 2.00 bits per heavy atom. The van der Waals surface area contributed by atoms with Gasteiger partial charge in [0.2, 0.25) is 0 Å². The third kappa shape index (κ3) is 3.59. The van der Waals surface area contributed by atoms with Crippen LogP contribution in [0, 0.1) is 5.92 Å². The Hall–Kier alpha value is -1.30. The average molecular weight is 274 g/mol. The van der Waals surface area contributed by atoms with Gasteiger partial charge in [-0.2, -0.15) is 13.2 Å². The molecule has 1 aliphatic rings. The van der Waals surface area contributed by atoms with Gasteiger partial charge < -0.3 is 10.4 Å². The lowest BCUT2D eigenvalue weighted by Gasteiger charge is -2.31. The summed E-state index contributed by atoms with van der Waals surface area (Å²) in [4.78, 5) is 3.42. The third-order valence-electron chi connectivity index (χ3n) is 3.55. The molecule has 0 amide bonds. The first kappa shape index (κ1) is 14.1. The van der Waals surface area contributed by atoms with Crippen molar-refractivity contribution in [1.29, 1.82) is 0 Å². The Morgan fingerprint density at radius 1 is 1.26 bits per heavy atom. The molecule has 1 aliphatic carbocycles. The van der Waals surface area contributed by atoms with Crippen molar-refractivity contribution in [3.8, 4) is 0 Å². The highest BCUT2D eigenvalue weighted by atomic mass is 19.4. The number of nitrogens with one attached hydrogen (secondary N) is 1. The van der Waals surface area contributed by atoms with E-state index in [-0.39, 0.29) is 18.6 Å². The van der Waals surface area contributed by atoms with Crippen molar-refractivity contribution in [3.63, 3.8) is 0 Å². The number of hydrogen-bond donors (Lipinski definition) is 2. The minimum Gasteiger partial charge on any atom is -0.396 e. The molecule has 0 unspecified atom stereocenters. The van der Waals surface area contributed by atoms with Gasteiger partial charge in [-0.25, -0.2) is 4.98 Å². The van der Waals surface area contributed by atoms with Gasteiger partial charge in [-0.15, -0.1) is 0 Å². The van der Waals surface area contributed by atoms with E-state index in [1.54, 1.807) is 0 Å². The standard InChI is InChI=1S/C13H17F3N2O/c14-13(15,16)12-6-5-10(7-17-12)18-11-4-2-1-3-9(11)8-19/h5-7,9,11,18-19H,1-4,8H2/t9-,11+/m0/s1. The first-order valence-corrected chi connectivity index (χ1v) is 6.41. The predicted molar refractivity (Wildman–Crippen MR) is 65.7 cm³/mol. The van der Waals surface area contributed by atoms with Crippen LogP contribution in [0.1, 0.15) is 31.4 Å². The Labute approximate surface area is 109 Å². The summed E-state index contributed by atoms with van der Waals surface area (Å²) < 4.78 is 37.1. The number of anilines is 1. The Bertz CT molecular complexity index is 405. The fourth-order valence-corrected chi connectivity index (χ4v) is 2.48. The molecule has 106 valence electrons. The summed E-state index contributed by atoms with van der Waals surface area (Å²) in [5.74, 6) is 0.163. The van der Waals surface area contributed by atoms with E-state index in [0.29, 0.717) is 5.69 Å². The maximum atomic E-state index is 12.4. The molecule has 0 saturated heterocycles. The maximum absolute atomic E-state index is 12.4. The van der Waals surface area contributed by atoms with Crippen molar-refractivity contribution in [2.45, 2.75) is 37.9 Å². The summed E-state index contributed by atoms with van der Waals surface area (Å²) in [6, 6.07) is 2.47. The van der Waals surface area contributed by atoms with Crippen molar-refractivity contribution in [1.82, 2.24) is 4.98 Å². The SMILES string of the molecule is OC[C@@H]1CCCC[C@H]1Nc1ccc(C(F)(F)F)nc1. The van der Waals surface area contributed by atoms with E-state index < -0.39 is 11.9 Å². The molecule has 2 rings (SSSR count). The van der Waals surface area contributed by atoms with Crippen LogP contribution in [-0.4, -0.2) is 22.7 Å². The predicted octanol–water partition coefficient (Wildman–Crippen LogP) is 3.06. The number of hydrogen-bond acceptors (Lipinski definition) is 3. The van der Waals surface area contributed by atoms with Gasteiger partial charge in [-0.05, 0) is 25.0 Å². The fraction of sp³-hybridized carbons (Fsp3) is 0.615. The van der Waals surface area contributed by atoms with Gasteiger partial charge in [0.1, 0.15) is 5.69 Å². The van der Waals surface area contributed by atoms with Crippen LogP contribution in [0.25, 0.3) is 0 Å². The fourth-order valence-electron chi connectivity index (χ4n) is 2.48. The number of aliphatic hydroxyl groups is 1. The van der Waals surface area contributed by atoms with Crippen LogP contribution in [-0.2, 0) is 6.18 Å². The summed E-state index contributed by atoms with van der Waals surface area (Å²) in [5, 5.41) is 12.5. The van der Waals surface area contributed by atoms with Crippen molar-refractivity contribution in [3.05, 3.63) is 24.0 Å². The number of alkyl halides is 3. The summed E-state index contributed by atoms with van der Waals surface area (Å²) in [6.07, 6.45) is 0.828.